The number of benzene rings is 1. The van der Waals surface area contributed by atoms with Crippen molar-refractivity contribution in [2.24, 2.45) is 0 Å². The second kappa shape index (κ2) is 7.92. The Balaban J connectivity index is 0.00000242. The lowest BCUT2D eigenvalue weighted by atomic mass is 10.2. The molecule has 0 aliphatic carbocycles. The highest BCUT2D eigenvalue weighted by atomic mass is 35.5. The van der Waals surface area contributed by atoms with Crippen LogP contribution in [0.15, 0.2) is 29.2 Å². The Morgan fingerprint density at radius 3 is 2.18 bits per heavy atom. The van der Waals surface area contributed by atoms with Crippen molar-refractivity contribution in [2.45, 2.75) is 11.8 Å². The van der Waals surface area contributed by atoms with Crippen LogP contribution in [0.1, 0.15) is 5.56 Å². The molecule has 0 saturated carbocycles. The molecule has 1 amide bonds. The minimum Gasteiger partial charge on any atom is -0.339 e. The Morgan fingerprint density at radius 1 is 1.14 bits per heavy atom. The number of carbonyl (C=O) groups excluding carboxylic acids is 1. The molecule has 124 valence electrons. The molecule has 6 nitrogen and oxygen atoms in total. The SMILES string of the molecule is CNCC(=O)N1CCN(S(=O)(=O)c2ccc(C)cc2)CC1.Cl. The number of carbonyl (C=O) groups is 1. The number of hydrogen-bond acceptors (Lipinski definition) is 4. The molecule has 1 aromatic rings. The van der Waals surface area contributed by atoms with Gasteiger partial charge in [-0.2, -0.15) is 4.31 Å². The molecule has 8 heteroatoms. The number of aryl methyl sites for hydroxylation is 1. The predicted molar refractivity (Wildman–Crippen MR) is 87.7 cm³/mol. The maximum atomic E-state index is 12.5. The van der Waals surface area contributed by atoms with Gasteiger partial charge in [0.2, 0.25) is 15.9 Å². The van der Waals surface area contributed by atoms with Gasteiger partial charge in [-0.15, -0.1) is 12.4 Å². The summed E-state index contributed by atoms with van der Waals surface area (Å²) in [6, 6.07) is 6.84. The van der Waals surface area contributed by atoms with Crippen LogP contribution in [0, 0.1) is 6.92 Å². The number of hydrogen-bond donors (Lipinski definition) is 1. The van der Waals surface area contributed by atoms with Gasteiger partial charge in [0.05, 0.1) is 11.4 Å². The summed E-state index contributed by atoms with van der Waals surface area (Å²) < 4.78 is 26.5. The second-order valence-electron chi connectivity index (χ2n) is 5.13. The van der Waals surface area contributed by atoms with E-state index >= 15 is 0 Å². The van der Waals surface area contributed by atoms with E-state index in [1.54, 1.807) is 36.2 Å². The van der Waals surface area contributed by atoms with E-state index in [2.05, 4.69) is 5.32 Å². The summed E-state index contributed by atoms with van der Waals surface area (Å²) in [5, 5.41) is 2.81. The second-order valence-corrected chi connectivity index (χ2v) is 7.07. The third-order valence-corrected chi connectivity index (χ3v) is 5.49. The van der Waals surface area contributed by atoms with Crippen molar-refractivity contribution in [1.29, 1.82) is 0 Å². The monoisotopic (exact) mass is 347 g/mol. The standard InChI is InChI=1S/C14H21N3O3S.ClH/c1-12-3-5-13(6-4-12)21(19,20)17-9-7-16(8-10-17)14(18)11-15-2;/h3-6,15H,7-11H2,1-2H3;1H. The van der Waals surface area contributed by atoms with E-state index in [4.69, 9.17) is 0 Å². The summed E-state index contributed by atoms with van der Waals surface area (Å²) >= 11 is 0. The first-order chi connectivity index (χ1) is 9.95. The van der Waals surface area contributed by atoms with E-state index in [-0.39, 0.29) is 24.9 Å². The van der Waals surface area contributed by atoms with Gasteiger partial charge in [0, 0.05) is 26.2 Å². The first kappa shape index (κ1) is 18.9. The van der Waals surface area contributed by atoms with Gasteiger partial charge in [0.25, 0.3) is 0 Å². The summed E-state index contributed by atoms with van der Waals surface area (Å²) in [7, 11) is -1.74. The number of piperazine rings is 1. The Morgan fingerprint density at radius 2 is 1.68 bits per heavy atom. The van der Waals surface area contributed by atoms with Crippen molar-refractivity contribution >= 4 is 28.3 Å². The zero-order chi connectivity index (χ0) is 15.5. The largest absolute Gasteiger partial charge is 0.339 e. The number of halogens is 1. The predicted octanol–water partition coefficient (Wildman–Crippen LogP) is 0.469. The molecule has 1 N–H and O–H groups in total. The quantitative estimate of drug-likeness (QED) is 0.859. The van der Waals surface area contributed by atoms with Crippen molar-refractivity contribution in [1.82, 2.24) is 14.5 Å². The Bertz CT molecular complexity index is 596. The molecule has 1 saturated heterocycles. The number of likely N-dealkylation sites (N-methyl/N-ethyl adjacent to an activating group) is 1. The number of sulfonamides is 1. The van der Waals surface area contributed by atoms with Gasteiger partial charge in [-0.25, -0.2) is 8.42 Å². The van der Waals surface area contributed by atoms with Crippen molar-refractivity contribution < 1.29 is 13.2 Å². The zero-order valence-electron chi connectivity index (χ0n) is 12.8. The third-order valence-electron chi connectivity index (χ3n) is 3.58. The van der Waals surface area contributed by atoms with Crippen LogP contribution in [0.25, 0.3) is 0 Å². The van der Waals surface area contributed by atoms with Crippen molar-refractivity contribution in [3.8, 4) is 0 Å². The molecule has 0 aromatic heterocycles. The topological polar surface area (TPSA) is 69.7 Å². The molecule has 0 unspecified atom stereocenters. The average molecular weight is 348 g/mol. The van der Waals surface area contributed by atoms with Crippen LogP contribution >= 0.6 is 12.4 Å². The normalized spacial score (nSPS) is 16.2. The van der Waals surface area contributed by atoms with Crippen LogP contribution in [-0.2, 0) is 14.8 Å². The fourth-order valence-corrected chi connectivity index (χ4v) is 3.72. The minimum absolute atomic E-state index is 0. The van der Waals surface area contributed by atoms with E-state index < -0.39 is 10.0 Å². The van der Waals surface area contributed by atoms with Crippen LogP contribution in [0.5, 0.6) is 0 Å². The molecule has 0 radical (unpaired) electrons. The molecule has 1 aliphatic heterocycles. The molecule has 1 aliphatic rings. The first-order valence-corrected chi connectivity index (χ1v) is 8.38. The maximum absolute atomic E-state index is 12.5. The van der Waals surface area contributed by atoms with Crippen LogP contribution in [0.2, 0.25) is 0 Å². The number of rotatable bonds is 4. The van der Waals surface area contributed by atoms with E-state index in [0.29, 0.717) is 31.1 Å². The average Bonchev–Trinajstić information content (AvgIpc) is 2.48. The van der Waals surface area contributed by atoms with E-state index in [1.807, 2.05) is 6.92 Å². The van der Waals surface area contributed by atoms with Crippen LogP contribution in [0.4, 0.5) is 0 Å². The molecule has 0 spiro atoms. The first-order valence-electron chi connectivity index (χ1n) is 6.94. The van der Waals surface area contributed by atoms with E-state index in [0.717, 1.165) is 5.56 Å². The lowest BCUT2D eigenvalue weighted by molar-refractivity contribution is -0.131. The molecule has 0 atom stereocenters. The smallest absolute Gasteiger partial charge is 0.243 e. The summed E-state index contributed by atoms with van der Waals surface area (Å²) in [6.07, 6.45) is 0. The molecular weight excluding hydrogens is 326 g/mol. The number of nitrogens with zero attached hydrogens (tertiary/aromatic N) is 2. The summed E-state index contributed by atoms with van der Waals surface area (Å²) in [6.45, 7) is 3.75. The molecule has 1 heterocycles. The van der Waals surface area contributed by atoms with Gasteiger partial charge in [-0.1, -0.05) is 17.7 Å². The Kier molecular flexibility index (Phi) is 6.80. The van der Waals surface area contributed by atoms with Crippen LogP contribution in [-0.4, -0.2) is 63.3 Å². The van der Waals surface area contributed by atoms with Gasteiger partial charge in [-0.3, -0.25) is 4.79 Å². The van der Waals surface area contributed by atoms with Gasteiger partial charge in [-0.05, 0) is 26.1 Å². The van der Waals surface area contributed by atoms with E-state index in [1.165, 1.54) is 4.31 Å². The fraction of sp³-hybridized carbons (Fsp3) is 0.500. The lowest BCUT2D eigenvalue weighted by Gasteiger charge is -2.34. The number of nitrogens with one attached hydrogen (secondary N) is 1. The molecule has 0 bridgehead atoms. The van der Waals surface area contributed by atoms with Gasteiger partial charge in [0.15, 0.2) is 0 Å². The molecule has 1 aromatic carbocycles. The third kappa shape index (κ3) is 4.19. The maximum Gasteiger partial charge on any atom is 0.243 e. The highest BCUT2D eigenvalue weighted by Crippen LogP contribution is 2.18. The molecular formula is C14H22ClN3O3S. The summed E-state index contributed by atoms with van der Waals surface area (Å²) in [5.41, 5.74) is 1.02. The minimum atomic E-state index is -3.46. The van der Waals surface area contributed by atoms with Gasteiger partial charge in [0.1, 0.15) is 0 Å². The fourth-order valence-electron chi connectivity index (χ4n) is 2.30. The summed E-state index contributed by atoms with van der Waals surface area (Å²) in [4.78, 5) is 13.8. The van der Waals surface area contributed by atoms with Crippen molar-refractivity contribution in [3.63, 3.8) is 0 Å². The van der Waals surface area contributed by atoms with Crippen LogP contribution < -0.4 is 5.32 Å². The summed E-state index contributed by atoms with van der Waals surface area (Å²) in [5.74, 6) is 0.00452. The van der Waals surface area contributed by atoms with Crippen LogP contribution in [0.3, 0.4) is 0 Å². The highest BCUT2D eigenvalue weighted by Gasteiger charge is 2.29. The Hall–Kier alpha value is -1.15. The highest BCUT2D eigenvalue weighted by molar-refractivity contribution is 7.89. The Labute approximate surface area is 137 Å². The van der Waals surface area contributed by atoms with Crippen molar-refractivity contribution in [3.05, 3.63) is 29.8 Å². The molecule has 22 heavy (non-hydrogen) atoms. The van der Waals surface area contributed by atoms with Gasteiger partial charge >= 0.3 is 0 Å². The lowest BCUT2D eigenvalue weighted by Crippen LogP contribution is -2.52. The van der Waals surface area contributed by atoms with Gasteiger partial charge < -0.3 is 10.2 Å². The number of amides is 1. The van der Waals surface area contributed by atoms with E-state index in [9.17, 15) is 13.2 Å². The zero-order valence-corrected chi connectivity index (χ0v) is 14.4. The molecule has 1 fully saturated rings. The molecule has 2 rings (SSSR count). The van der Waals surface area contributed by atoms with Crippen molar-refractivity contribution in [2.75, 3.05) is 39.8 Å².